The summed E-state index contributed by atoms with van der Waals surface area (Å²) in [6.07, 6.45) is 9.54. The van der Waals surface area contributed by atoms with Gasteiger partial charge >= 0.3 is 11.8 Å². The van der Waals surface area contributed by atoms with E-state index in [4.69, 9.17) is 0 Å². The number of hydrogen-bond donors (Lipinski definition) is 3. The van der Waals surface area contributed by atoms with Gasteiger partial charge in [-0.2, -0.15) is 0 Å². The molecule has 0 radical (unpaired) electrons. The topological polar surface area (TPSA) is 70.2 Å². The first-order valence-corrected chi connectivity index (χ1v) is 11.4. The lowest BCUT2D eigenvalue weighted by molar-refractivity contribution is -0.142. The van der Waals surface area contributed by atoms with Crippen LogP contribution in [0.25, 0.3) is 0 Å². The highest BCUT2D eigenvalue weighted by Gasteiger charge is 2.53. The van der Waals surface area contributed by atoms with Crippen molar-refractivity contribution in [1.82, 2.24) is 16.0 Å². The molecule has 5 nitrogen and oxygen atoms in total. The van der Waals surface area contributed by atoms with Gasteiger partial charge in [-0.15, -0.1) is 0 Å². The Labute approximate surface area is 170 Å². The summed E-state index contributed by atoms with van der Waals surface area (Å²) in [5.41, 5.74) is 0.120. The zero-order valence-corrected chi connectivity index (χ0v) is 18.4. The van der Waals surface area contributed by atoms with Crippen LogP contribution in [0.4, 0.5) is 0 Å². The van der Waals surface area contributed by atoms with Crippen LogP contribution in [0, 0.1) is 23.2 Å². The van der Waals surface area contributed by atoms with Crippen LogP contribution in [0.1, 0.15) is 86.0 Å². The second-order valence-corrected chi connectivity index (χ2v) is 11.9. The van der Waals surface area contributed by atoms with Gasteiger partial charge in [0.15, 0.2) is 0 Å². The molecule has 28 heavy (non-hydrogen) atoms. The molecule has 5 aliphatic rings. The van der Waals surface area contributed by atoms with Gasteiger partial charge in [-0.3, -0.25) is 9.59 Å². The van der Waals surface area contributed by atoms with E-state index in [1.54, 1.807) is 0 Å². The van der Waals surface area contributed by atoms with Gasteiger partial charge in [0.1, 0.15) is 0 Å². The minimum atomic E-state index is -0.463. The SMILES string of the molecule is CC(NC(=O)C(=O)NC1CC(C)(C)NC(C)(C)C1)C12CC3CC(CC(C3)C1)C2. The van der Waals surface area contributed by atoms with Crippen molar-refractivity contribution in [3.8, 4) is 0 Å². The summed E-state index contributed by atoms with van der Waals surface area (Å²) in [6.45, 7) is 10.8. The van der Waals surface area contributed by atoms with E-state index >= 15 is 0 Å². The minimum Gasteiger partial charge on any atom is -0.345 e. The maximum Gasteiger partial charge on any atom is 0.309 e. The summed E-state index contributed by atoms with van der Waals surface area (Å²) in [7, 11) is 0. The highest BCUT2D eigenvalue weighted by atomic mass is 16.2. The predicted octanol–water partition coefficient (Wildman–Crippen LogP) is 3.13. The molecule has 0 aromatic rings. The van der Waals surface area contributed by atoms with Gasteiger partial charge in [-0.1, -0.05) is 0 Å². The molecular formula is C23H39N3O2. The second kappa shape index (κ2) is 6.72. The Hall–Kier alpha value is -1.10. The molecule has 4 saturated carbocycles. The molecule has 158 valence electrons. The average Bonchev–Trinajstić information content (AvgIpc) is 2.50. The number of piperidine rings is 1. The van der Waals surface area contributed by atoms with E-state index in [9.17, 15) is 9.59 Å². The third-order valence-electron chi connectivity index (χ3n) is 8.08. The van der Waals surface area contributed by atoms with Crippen LogP contribution in [-0.4, -0.2) is 35.0 Å². The Bertz CT molecular complexity index is 603. The lowest BCUT2D eigenvalue weighted by Gasteiger charge is -2.59. The van der Waals surface area contributed by atoms with E-state index in [0.29, 0.717) is 0 Å². The van der Waals surface area contributed by atoms with Crippen LogP contribution in [-0.2, 0) is 9.59 Å². The maximum atomic E-state index is 12.7. The number of carbonyl (C=O) groups is 2. The van der Waals surface area contributed by atoms with Crippen LogP contribution in [0.5, 0.6) is 0 Å². The molecule has 5 fully saturated rings. The van der Waals surface area contributed by atoms with Crippen molar-refractivity contribution in [2.75, 3.05) is 0 Å². The number of carbonyl (C=O) groups excluding carboxylic acids is 2. The Morgan fingerprint density at radius 3 is 1.75 bits per heavy atom. The lowest BCUT2D eigenvalue weighted by Crippen LogP contribution is -2.63. The zero-order valence-electron chi connectivity index (χ0n) is 18.4. The quantitative estimate of drug-likeness (QED) is 0.650. The normalized spacial score (nSPS) is 39.4. The Morgan fingerprint density at radius 2 is 1.29 bits per heavy atom. The molecule has 4 aliphatic carbocycles. The lowest BCUT2D eigenvalue weighted by atomic mass is 9.48. The Balaban J connectivity index is 1.35. The fourth-order valence-corrected chi connectivity index (χ4v) is 7.80. The van der Waals surface area contributed by atoms with Gasteiger partial charge in [0, 0.05) is 23.2 Å². The first-order chi connectivity index (χ1) is 13.0. The van der Waals surface area contributed by atoms with E-state index in [0.717, 1.165) is 30.6 Å². The fraction of sp³-hybridized carbons (Fsp3) is 0.913. The molecule has 5 heteroatoms. The molecule has 0 aromatic carbocycles. The summed E-state index contributed by atoms with van der Waals surface area (Å²) in [5.74, 6) is 1.63. The first-order valence-electron chi connectivity index (χ1n) is 11.4. The number of nitrogens with one attached hydrogen (secondary N) is 3. The van der Waals surface area contributed by atoms with Gasteiger partial charge in [0.2, 0.25) is 0 Å². The summed E-state index contributed by atoms with van der Waals surface area (Å²) in [4.78, 5) is 25.4. The molecule has 5 rings (SSSR count). The fourth-order valence-electron chi connectivity index (χ4n) is 7.80. The largest absolute Gasteiger partial charge is 0.345 e. The van der Waals surface area contributed by atoms with Crippen molar-refractivity contribution < 1.29 is 9.59 Å². The summed E-state index contributed by atoms with van der Waals surface area (Å²) in [5, 5.41) is 9.74. The van der Waals surface area contributed by atoms with Crippen molar-refractivity contribution in [2.45, 2.75) is 109 Å². The van der Waals surface area contributed by atoms with Crippen molar-refractivity contribution in [3.05, 3.63) is 0 Å². The zero-order chi connectivity index (χ0) is 20.3. The van der Waals surface area contributed by atoms with Crippen molar-refractivity contribution >= 4 is 11.8 Å². The third kappa shape index (κ3) is 3.96. The molecule has 0 spiro atoms. The molecule has 0 aromatic heterocycles. The summed E-state index contributed by atoms with van der Waals surface area (Å²) < 4.78 is 0. The molecular weight excluding hydrogens is 350 g/mol. The first kappa shape index (κ1) is 20.2. The molecule has 3 N–H and O–H groups in total. The van der Waals surface area contributed by atoms with Crippen LogP contribution in [0.3, 0.4) is 0 Å². The molecule has 2 amide bonds. The average molecular weight is 390 g/mol. The number of amides is 2. The van der Waals surface area contributed by atoms with Crippen molar-refractivity contribution in [2.24, 2.45) is 23.2 Å². The van der Waals surface area contributed by atoms with Crippen LogP contribution < -0.4 is 16.0 Å². The monoisotopic (exact) mass is 389 g/mol. The third-order valence-corrected chi connectivity index (χ3v) is 8.08. The predicted molar refractivity (Wildman–Crippen MR) is 111 cm³/mol. The Morgan fingerprint density at radius 1 is 0.821 bits per heavy atom. The van der Waals surface area contributed by atoms with Crippen LogP contribution in [0.15, 0.2) is 0 Å². The summed E-state index contributed by atoms with van der Waals surface area (Å²) >= 11 is 0. The van der Waals surface area contributed by atoms with Gasteiger partial charge in [0.25, 0.3) is 0 Å². The second-order valence-electron chi connectivity index (χ2n) is 11.9. The van der Waals surface area contributed by atoms with Crippen molar-refractivity contribution in [1.29, 1.82) is 0 Å². The highest BCUT2D eigenvalue weighted by Crippen LogP contribution is 2.61. The summed E-state index contributed by atoms with van der Waals surface area (Å²) in [6, 6.07) is 0.111. The van der Waals surface area contributed by atoms with Gasteiger partial charge in [0.05, 0.1) is 0 Å². The standard InChI is InChI=1S/C23H39N3O2/c1-14(23-9-15-6-16(10-23)8-17(7-15)11-23)24-19(27)20(28)25-18-12-21(2,3)26-22(4,5)13-18/h14-18,26H,6-13H2,1-5H3,(H,24,27)(H,25,28). The van der Waals surface area contributed by atoms with Crippen LogP contribution >= 0.6 is 0 Å². The van der Waals surface area contributed by atoms with Gasteiger partial charge < -0.3 is 16.0 Å². The molecule has 4 bridgehead atoms. The number of rotatable bonds is 3. The van der Waals surface area contributed by atoms with E-state index in [-0.39, 0.29) is 28.6 Å². The molecule has 1 atom stereocenters. The Kier molecular flexibility index (Phi) is 4.84. The van der Waals surface area contributed by atoms with E-state index in [2.05, 4.69) is 50.6 Å². The van der Waals surface area contributed by atoms with E-state index in [1.807, 2.05) is 0 Å². The molecule has 1 unspecified atom stereocenters. The van der Waals surface area contributed by atoms with Crippen LogP contribution in [0.2, 0.25) is 0 Å². The van der Waals surface area contributed by atoms with Crippen molar-refractivity contribution in [3.63, 3.8) is 0 Å². The minimum absolute atomic E-state index is 0.0272. The molecule has 1 aliphatic heterocycles. The number of hydrogen-bond acceptors (Lipinski definition) is 3. The van der Waals surface area contributed by atoms with E-state index in [1.165, 1.54) is 38.5 Å². The molecule has 1 saturated heterocycles. The van der Waals surface area contributed by atoms with E-state index < -0.39 is 11.8 Å². The van der Waals surface area contributed by atoms with Gasteiger partial charge in [-0.25, -0.2) is 0 Å². The molecule has 1 heterocycles. The van der Waals surface area contributed by atoms with Gasteiger partial charge in [-0.05, 0) is 109 Å². The smallest absolute Gasteiger partial charge is 0.309 e. The maximum absolute atomic E-state index is 12.7. The highest BCUT2D eigenvalue weighted by molar-refractivity contribution is 6.35.